The predicted molar refractivity (Wildman–Crippen MR) is 162 cm³/mol. The van der Waals surface area contributed by atoms with Gasteiger partial charge in [-0.3, -0.25) is 9.36 Å². The van der Waals surface area contributed by atoms with Gasteiger partial charge in [-0.15, -0.1) is 0 Å². The molecular formula is C34H26N4O2. The molecule has 0 atom stereocenters. The molecule has 0 saturated carbocycles. The highest BCUT2D eigenvalue weighted by molar-refractivity contribution is 6.03. The summed E-state index contributed by atoms with van der Waals surface area (Å²) in [6, 6.07) is 40.9. The van der Waals surface area contributed by atoms with Crippen LogP contribution in [0.4, 0.5) is 11.4 Å². The second-order valence-corrected chi connectivity index (χ2v) is 9.20. The summed E-state index contributed by atoms with van der Waals surface area (Å²) in [4.78, 5) is 17.5. The molecule has 0 bridgehead atoms. The molecule has 5 aromatic carbocycles. The van der Waals surface area contributed by atoms with Crippen LogP contribution in [0.15, 0.2) is 133 Å². The van der Waals surface area contributed by atoms with Crippen molar-refractivity contribution in [1.29, 1.82) is 0 Å². The van der Waals surface area contributed by atoms with Crippen molar-refractivity contribution in [1.82, 2.24) is 9.55 Å². The zero-order valence-corrected chi connectivity index (χ0v) is 21.6. The number of nitrogens with zero attached hydrogens (tertiary/aromatic N) is 2. The van der Waals surface area contributed by atoms with Gasteiger partial charge < -0.3 is 15.8 Å². The van der Waals surface area contributed by atoms with Gasteiger partial charge in [0.15, 0.2) is 0 Å². The van der Waals surface area contributed by atoms with Crippen molar-refractivity contribution in [2.45, 2.75) is 0 Å². The van der Waals surface area contributed by atoms with Gasteiger partial charge in [-0.05, 0) is 78.4 Å². The van der Waals surface area contributed by atoms with Gasteiger partial charge in [-0.25, -0.2) is 4.98 Å². The van der Waals surface area contributed by atoms with Crippen LogP contribution >= 0.6 is 0 Å². The third-order valence-corrected chi connectivity index (χ3v) is 6.43. The first-order chi connectivity index (χ1) is 19.6. The molecule has 6 aromatic rings. The number of nitrogens with two attached hydrogens (primary N) is 1. The van der Waals surface area contributed by atoms with Crippen molar-refractivity contribution < 1.29 is 9.53 Å². The summed E-state index contributed by atoms with van der Waals surface area (Å²) in [5.41, 5.74) is 11.7. The predicted octanol–water partition coefficient (Wildman–Crippen LogP) is 7.72. The Labute approximate surface area is 232 Å². The summed E-state index contributed by atoms with van der Waals surface area (Å²) < 4.78 is 8.12. The molecule has 0 unspecified atom stereocenters. The Hall–Kier alpha value is -5.62. The Kier molecular flexibility index (Phi) is 6.80. The highest BCUT2D eigenvalue weighted by Gasteiger charge is 2.14. The molecule has 1 aromatic heterocycles. The van der Waals surface area contributed by atoms with Gasteiger partial charge in [0.05, 0.1) is 22.4 Å². The van der Waals surface area contributed by atoms with E-state index in [1.807, 2.05) is 109 Å². The lowest BCUT2D eigenvalue weighted by Crippen LogP contribution is -2.09. The fourth-order valence-corrected chi connectivity index (χ4v) is 4.51. The lowest BCUT2D eigenvalue weighted by Gasteiger charge is -2.12. The molecule has 194 valence electrons. The average Bonchev–Trinajstić information content (AvgIpc) is 3.38. The molecule has 6 nitrogen and oxygen atoms in total. The van der Waals surface area contributed by atoms with E-state index in [1.54, 1.807) is 18.2 Å². The van der Waals surface area contributed by atoms with Crippen LogP contribution in [0, 0.1) is 0 Å². The van der Waals surface area contributed by atoms with Crippen LogP contribution in [-0.4, -0.2) is 15.5 Å². The number of carbonyl (C=O) groups is 1. The summed E-state index contributed by atoms with van der Waals surface area (Å²) in [6.07, 6.45) is 3.28. The van der Waals surface area contributed by atoms with Gasteiger partial charge in [0.2, 0.25) is 5.91 Å². The third-order valence-electron chi connectivity index (χ3n) is 6.43. The van der Waals surface area contributed by atoms with Gasteiger partial charge >= 0.3 is 0 Å². The third kappa shape index (κ3) is 5.33. The number of aromatic nitrogens is 2. The molecule has 6 rings (SSSR count). The monoisotopic (exact) mass is 522 g/mol. The lowest BCUT2D eigenvalue weighted by molar-refractivity contribution is -0.111. The number of rotatable bonds is 7. The molecule has 6 heteroatoms. The van der Waals surface area contributed by atoms with E-state index in [0.717, 1.165) is 45.2 Å². The number of fused-ring (bicyclic) bond motifs is 1. The number of ether oxygens (including phenoxy) is 1. The number of hydrogen-bond donors (Lipinski definition) is 2. The number of benzene rings is 5. The standard InChI is InChI=1S/C34H26N4O2/c35-29-13-4-5-14-30(29)36-33(39)22-17-24-9-8-10-25(23-24)34-37-31-15-6-7-16-32(31)38(34)26-18-20-28(21-19-26)40-27-11-2-1-3-12-27/h1-23H,35H2,(H,36,39). The molecule has 0 aliphatic carbocycles. The SMILES string of the molecule is Nc1ccccc1NC(=O)C=Cc1cccc(-c2nc3ccccc3n2-c2ccc(Oc3ccccc3)cc2)c1. The smallest absolute Gasteiger partial charge is 0.248 e. The van der Waals surface area contributed by atoms with Crippen LogP contribution in [0.2, 0.25) is 0 Å². The van der Waals surface area contributed by atoms with Gasteiger partial charge in [-0.1, -0.05) is 60.7 Å². The van der Waals surface area contributed by atoms with E-state index in [1.165, 1.54) is 6.08 Å². The zero-order chi connectivity index (χ0) is 27.3. The summed E-state index contributed by atoms with van der Waals surface area (Å²) >= 11 is 0. The highest BCUT2D eigenvalue weighted by Crippen LogP contribution is 2.31. The summed E-state index contributed by atoms with van der Waals surface area (Å²) in [5.74, 6) is 2.08. The molecular weight excluding hydrogens is 496 g/mol. The zero-order valence-electron chi connectivity index (χ0n) is 21.6. The molecule has 0 radical (unpaired) electrons. The number of carbonyl (C=O) groups excluding carboxylic acids is 1. The normalized spacial score (nSPS) is 11.1. The minimum absolute atomic E-state index is 0.256. The number of hydrogen-bond acceptors (Lipinski definition) is 4. The van der Waals surface area contributed by atoms with Crippen molar-refractivity contribution in [3.63, 3.8) is 0 Å². The molecule has 40 heavy (non-hydrogen) atoms. The van der Waals surface area contributed by atoms with E-state index in [4.69, 9.17) is 15.5 Å². The van der Waals surface area contributed by atoms with E-state index >= 15 is 0 Å². The Morgan fingerprint density at radius 3 is 2.33 bits per heavy atom. The second kappa shape index (κ2) is 11.0. The first kappa shape index (κ1) is 24.7. The first-order valence-electron chi connectivity index (χ1n) is 12.9. The quantitative estimate of drug-likeness (QED) is 0.166. The topological polar surface area (TPSA) is 82.2 Å². The Balaban J connectivity index is 1.30. The van der Waals surface area contributed by atoms with Crippen LogP contribution < -0.4 is 15.8 Å². The van der Waals surface area contributed by atoms with Crippen LogP contribution in [-0.2, 0) is 4.79 Å². The Morgan fingerprint density at radius 1 is 0.775 bits per heavy atom. The number of imidazole rings is 1. The molecule has 0 aliphatic heterocycles. The summed E-state index contributed by atoms with van der Waals surface area (Å²) in [6.45, 7) is 0. The number of amides is 1. The minimum Gasteiger partial charge on any atom is -0.457 e. The summed E-state index contributed by atoms with van der Waals surface area (Å²) in [7, 11) is 0. The van der Waals surface area contributed by atoms with Gasteiger partial charge in [0.1, 0.15) is 17.3 Å². The van der Waals surface area contributed by atoms with E-state index in [2.05, 4.69) is 16.0 Å². The molecule has 1 heterocycles. The van der Waals surface area contributed by atoms with Crippen LogP contribution in [0.25, 0.3) is 34.2 Å². The Morgan fingerprint density at radius 2 is 1.50 bits per heavy atom. The first-order valence-corrected chi connectivity index (χ1v) is 12.9. The van der Waals surface area contributed by atoms with Crippen molar-refractivity contribution in [3.8, 4) is 28.6 Å². The molecule has 0 fully saturated rings. The van der Waals surface area contributed by atoms with Gasteiger partial charge in [0, 0.05) is 17.3 Å². The number of para-hydroxylation sites is 5. The van der Waals surface area contributed by atoms with E-state index in [0.29, 0.717) is 11.4 Å². The largest absolute Gasteiger partial charge is 0.457 e. The van der Waals surface area contributed by atoms with Crippen molar-refractivity contribution >= 4 is 34.4 Å². The van der Waals surface area contributed by atoms with E-state index < -0.39 is 0 Å². The Bertz CT molecular complexity index is 1820. The van der Waals surface area contributed by atoms with Gasteiger partial charge in [0.25, 0.3) is 0 Å². The van der Waals surface area contributed by atoms with E-state index in [-0.39, 0.29) is 5.91 Å². The van der Waals surface area contributed by atoms with Crippen molar-refractivity contribution in [3.05, 3.63) is 139 Å². The minimum atomic E-state index is -0.256. The second-order valence-electron chi connectivity index (χ2n) is 9.20. The van der Waals surface area contributed by atoms with Crippen LogP contribution in [0.3, 0.4) is 0 Å². The van der Waals surface area contributed by atoms with Crippen LogP contribution in [0.1, 0.15) is 5.56 Å². The fraction of sp³-hybridized carbons (Fsp3) is 0. The summed E-state index contributed by atoms with van der Waals surface area (Å²) in [5, 5.41) is 2.82. The lowest BCUT2D eigenvalue weighted by atomic mass is 10.1. The fourth-order valence-electron chi connectivity index (χ4n) is 4.51. The molecule has 3 N–H and O–H groups in total. The maximum absolute atomic E-state index is 12.5. The maximum Gasteiger partial charge on any atom is 0.248 e. The molecule has 1 amide bonds. The van der Waals surface area contributed by atoms with E-state index in [9.17, 15) is 4.79 Å². The molecule has 0 saturated heterocycles. The van der Waals surface area contributed by atoms with Crippen LogP contribution in [0.5, 0.6) is 11.5 Å². The average molecular weight is 523 g/mol. The highest BCUT2D eigenvalue weighted by atomic mass is 16.5. The van der Waals surface area contributed by atoms with Gasteiger partial charge in [-0.2, -0.15) is 0 Å². The number of anilines is 2. The number of nitrogens with one attached hydrogen (secondary N) is 1. The number of nitrogen functional groups attached to an aromatic ring is 1. The maximum atomic E-state index is 12.5. The molecule has 0 spiro atoms. The molecule has 0 aliphatic rings. The van der Waals surface area contributed by atoms with Crippen molar-refractivity contribution in [2.75, 3.05) is 11.1 Å². The van der Waals surface area contributed by atoms with Crippen molar-refractivity contribution in [2.24, 2.45) is 0 Å².